The van der Waals surface area contributed by atoms with Crippen LogP contribution in [0.1, 0.15) is 52.9 Å². The fraction of sp³-hybridized carbons (Fsp3) is 0.733. The maximum atomic E-state index is 11.1. The normalized spacial score (nSPS) is 25.3. The van der Waals surface area contributed by atoms with Crippen molar-refractivity contribution in [1.82, 2.24) is 0 Å². The van der Waals surface area contributed by atoms with Gasteiger partial charge < -0.3 is 9.90 Å². The minimum atomic E-state index is -0.769. The summed E-state index contributed by atoms with van der Waals surface area (Å²) < 4.78 is 0. The highest BCUT2D eigenvalue weighted by molar-refractivity contribution is 5.75. The van der Waals surface area contributed by atoms with E-state index in [0.717, 1.165) is 18.4 Å². The summed E-state index contributed by atoms with van der Waals surface area (Å²) in [5.74, 6) is 0.337. The molecule has 1 aliphatic carbocycles. The van der Waals surface area contributed by atoms with Gasteiger partial charge in [0.15, 0.2) is 0 Å². The lowest BCUT2D eigenvalue weighted by atomic mass is 9.52. The number of allylic oxidation sites excluding steroid dienone is 1. The van der Waals surface area contributed by atoms with Gasteiger partial charge in [-0.2, -0.15) is 0 Å². The van der Waals surface area contributed by atoms with Crippen molar-refractivity contribution >= 4 is 11.8 Å². The first-order chi connectivity index (χ1) is 8.24. The SMILES string of the molecule is C=C(CCC(=O)O)C1CC(C)(C)C1CCC(C)=O. The van der Waals surface area contributed by atoms with E-state index in [-0.39, 0.29) is 17.6 Å². The molecule has 3 nitrogen and oxygen atoms in total. The van der Waals surface area contributed by atoms with E-state index in [1.54, 1.807) is 6.92 Å². The average Bonchev–Trinajstić information content (AvgIpc) is 2.22. The summed E-state index contributed by atoms with van der Waals surface area (Å²) in [4.78, 5) is 21.7. The molecule has 1 aliphatic rings. The second kappa shape index (κ2) is 5.68. The summed E-state index contributed by atoms with van der Waals surface area (Å²) in [5, 5.41) is 8.69. The Kier molecular flexibility index (Phi) is 4.71. The maximum absolute atomic E-state index is 11.1. The van der Waals surface area contributed by atoms with Crippen molar-refractivity contribution in [3.05, 3.63) is 12.2 Å². The molecule has 18 heavy (non-hydrogen) atoms. The Morgan fingerprint density at radius 1 is 1.28 bits per heavy atom. The molecule has 0 bridgehead atoms. The van der Waals surface area contributed by atoms with Crippen LogP contribution in [0, 0.1) is 17.3 Å². The van der Waals surface area contributed by atoms with E-state index in [2.05, 4.69) is 20.4 Å². The monoisotopic (exact) mass is 252 g/mol. The maximum Gasteiger partial charge on any atom is 0.303 e. The van der Waals surface area contributed by atoms with Gasteiger partial charge in [0, 0.05) is 12.8 Å². The number of carboxylic acid groups (broad SMARTS) is 1. The molecular weight excluding hydrogens is 228 g/mol. The zero-order valence-electron chi connectivity index (χ0n) is 11.7. The van der Waals surface area contributed by atoms with Crippen molar-refractivity contribution in [1.29, 1.82) is 0 Å². The van der Waals surface area contributed by atoms with Crippen LogP contribution in [-0.4, -0.2) is 16.9 Å². The summed E-state index contributed by atoms with van der Waals surface area (Å²) >= 11 is 0. The smallest absolute Gasteiger partial charge is 0.303 e. The number of hydrogen-bond donors (Lipinski definition) is 1. The molecule has 0 spiro atoms. The van der Waals surface area contributed by atoms with E-state index >= 15 is 0 Å². The summed E-state index contributed by atoms with van der Waals surface area (Å²) in [6.07, 6.45) is 3.31. The van der Waals surface area contributed by atoms with E-state index < -0.39 is 5.97 Å². The van der Waals surface area contributed by atoms with Gasteiger partial charge in [0.1, 0.15) is 5.78 Å². The van der Waals surface area contributed by atoms with Crippen LogP contribution in [-0.2, 0) is 9.59 Å². The molecule has 3 heteroatoms. The molecule has 102 valence electrons. The third-order valence-corrected chi connectivity index (χ3v) is 4.23. The second-order valence-corrected chi connectivity index (χ2v) is 6.20. The van der Waals surface area contributed by atoms with Gasteiger partial charge in [0.2, 0.25) is 0 Å². The zero-order chi connectivity index (χ0) is 13.9. The van der Waals surface area contributed by atoms with Crippen molar-refractivity contribution in [3.8, 4) is 0 Å². The van der Waals surface area contributed by atoms with Crippen LogP contribution >= 0.6 is 0 Å². The highest BCUT2D eigenvalue weighted by atomic mass is 16.4. The largest absolute Gasteiger partial charge is 0.481 e. The molecule has 2 atom stereocenters. The van der Waals surface area contributed by atoms with E-state index in [0.29, 0.717) is 24.7 Å². The number of carbonyl (C=O) groups excluding carboxylic acids is 1. The Morgan fingerprint density at radius 2 is 1.89 bits per heavy atom. The molecule has 2 unspecified atom stereocenters. The van der Waals surface area contributed by atoms with E-state index in [4.69, 9.17) is 5.11 Å². The van der Waals surface area contributed by atoms with Gasteiger partial charge in [0.25, 0.3) is 0 Å². The minimum absolute atomic E-state index is 0.162. The lowest BCUT2D eigenvalue weighted by Crippen LogP contribution is -2.44. The van der Waals surface area contributed by atoms with Crippen LogP contribution in [0.2, 0.25) is 0 Å². The van der Waals surface area contributed by atoms with Crippen LogP contribution in [0.5, 0.6) is 0 Å². The predicted octanol–water partition coefficient (Wildman–Crippen LogP) is 3.44. The van der Waals surface area contributed by atoms with Crippen molar-refractivity contribution in [2.45, 2.75) is 52.9 Å². The first kappa shape index (κ1) is 14.9. The molecule has 0 heterocycles. The molecular formula is C15H24O3. The van der Waals surface area contributed by atoms with Gasteiger partial charge >= 0.3 is 5.97 Å². The van der Waals surface area contributed by atoms with Crippen LogP contribution in [0.3, 0.4) is 0 Å². The Labute approximate surface area is 109 Å². The lowest BCUT2D eigenvalue weighted by molar-refractivity contribution is -0.137. The molecule has 0 aliphatic heterocycles. The highest BCUT2D eigenvalue weighted by Crippen LogP contribution is 2.55. The molecule has 0 saturated heterocycles. The fourth-order valence-corrected chi connectivity index (χ4v) is 3.08. The molecule has 1 N–H and O–H groups in total. The average molecular weight is 252 g/mol. The fourth-order valence-electron chi connectivity index (χ4n) is 3.08. The number of aliphatic carboxylic acids is 1. The molecule has 0 aromatic rings. The van der Waals surface area contributed by atoms with Crippen molar-refractivity contribution < 1.29 is 14.7 Å². The molecule has 1 fully saturated rings. The van der Waals surface area contributed by atoms with Crippen molar-refractivity contribution in [2.24, 2.45) is 17.3 Å². The molecule has 1 rings (SSSR count). The lowest BCUT2D eigenvalue weighted by Gasteiger charge is -2.53. The van der Waals surface area contributed by atoms with Gasteiger partial charge in [-0.1, -0.05) is 26.0 Å². The molecule has 0 amide bonds. The van der Waals surface area contributed by atoms with Crippen molar-refractivity contribution in [2.75, 3.05) is 0 Å². The Balaban J connectivity index is 2.52. The zero-order valence-corrected chi connectivity index (χ0v) is 11.7. The standard InChI is InChI=1S/C15H24O3/c1-10(5-8-14(17)18)12-9-15(3,4)13(12)7-6-11(2)16/h12-13H,1,5-9H2,2-4H3,(H,17,18). The van der Waals surface area contributed by atoms with Gasteiger partial charge in [-0.3, -0.25) is 4.79 Å². The second-order valence-electron chi connectivity index (χ2n) is 6.20. The summed E-state index contributed by atoms with van der Waals surface area (Å²) in [7, 11) is 0. The number of rotatable bonds is 7. The van der Waals surface area contributed by atoms with Gasteiger partial charge in [0.05, 0.1) is 0 Å². The van der Waals surface area contributed by atoms with Crippen LogP contribution in [0.25, 0.3) is 0 Å². The van der Waals surface area contributed by atoms with E-state index in [1.807, 2.05) is 0 Å². The minimum Gasteiger partial charge on any atom is -0.481 e. The predicted molar refractivity (Wildman–Crippen MR) is 71.3 cm³/mol. The number of carboxylic acids is 1. The van der Waals surface area contributed by atoms with Gasteiger partial charge in [-0.15, -0.1) is 0 Å². The summed E-state index contributed by atoms with van der Waals surface area (Å²) in [6.45, 7) is 10.1. The highest BCUT2D eigenvalue weighted by Gasteiger charge is 2.47. The van der Waals surface area contributed by atoms with Crippen molar-refractivity contribution in [3.63, 3.8) is 0 Å². The number of ketones is 1. The molecule has 0 radical (unpaired) electrons. The first-order valence-electron chi connectivity index (χ1n) is 6.63. The number of carbonyl (C=O) groups is 2. The number of hydrogen-bond acceptors (Lipinski definition) is 2. The quantitative estimate of drug-likeness (QED) is 0.706. The van der Waals surface area contributed by atoms with Crippen LogP contribution in [0.4, 0.5) is 0 Å². The Morgan fingerprint density at radius 3 is 2.33 bits per heavy atom. The molecule has 0 aromatic heterocycles. The summed E-state index contributed by atoms with van der Waals surface area (Å²) in [5.41, 5.74) is 1.30. The Bertz CT molecular complexity index is 355. The van der Waals surface area contributed by atoms with Gasteiger partial charge in [-0.25, -0.2) is 0 Å². The third-order valence-electron chi connectivity index (χ3n) is 4.23. The van der Waals surface area contributed by atoms with E-state index in [1.165, 1.54) is 0 Å². The van der Waals surface area contributed by atoms with E-state index in [9.17, 15) is 9.59 Å². The molecule has 0 aromatic carbocycles. The topological polar surface area (TPSA) is 54.4 Å². The van der Waals surface area contributed by atoms with Crippen LogP contribution < -0.4 is 0 Å². The third kappa shape index (κ3) is 3.69. The number of Topliss-reactive ketones (excluding diaryl/α,β-unsaturated/α-hetero) is 1. The Hall–Kier alpha value is -1.12. The summed E-state index contributed by atoms with van der Waals surface area (Å²) in [6, 6.07) is 0. The van der Waals surface area contributed by atoms with Gasteiger partial charge in [-0.05, 0) is 43.4 Å². The first-order valence-corrected chi connectivity index (χ1v) is 6.63. The van der Waals surface area contributed by atoms with Crippen LogP contribution in [0.15, 0.2) is 12.2 Å². The molecule has 1 saturated carbocycles.